The molecule has 0 amide bonds. The van der Waals surface area contributed by atoms with Gasteiger partial charge in [0, 0.05) is 18.0 Å². The number of aromatic nitrogens is 1. The van der Waals surface area contributed by atoms with Crippen molar-refractivity contribution in [3.05, 3.63) is 42.1 Å². The quantitative estimate of drug-likeness (QED) is 0.781. The molecule has 1 aromatic carbocycles. The van der Waals surface area contributed by atoms with E-state index in [2.05, 4.69) is 11.1 Å². The highest BCUT2D eigenvalue weighted by Crippen LogP contribution is 2.23. The van der Waals surface area contributed by atoms with E-state index < -0.39 is 0 Å². The maximum atomic E-state index is 11.4. The molecule has 0 saturated heterocycles. The number of nitriles is 1. The predicted molar refractivity (Wildman–Crippen MR) is 76.0 cm³/mol. The number of carbonyl (C=O) groups is 1. The standard InChI is InChI=1S/C16H16N2O2/c1-2-20-16(19)8-7-13(10-17)14-9-12-5-3-4-6-15(12)18-11-14/h3-6,9,11,13H,2,7-8H2,1H3/t13-/m1/s1. The maximum absolute atomic E-state index is 11.4. The highest BCUT2D eigenvalue weighted by Gasteiger charge is 2.14. The van der Waals surface area contributed by atoms with Gasteiger partial charge in [0.2, 0.25) is 0 Å². The van der Waals surface area contributed by atoms with Gasteiger partial charge in [-0.3, -0.25) is 9.78 Å². The van der Waals surface area contributed by atoms with Gasteiger partial charge in [-0.1, -0.05) is 18.2 Å². The molecule has 0 radical (unpaired) electrons. The number of nitrogens with zero attached hydrogens (tertiary/aromatic N) is 2. The van der Waals surface area contributed by atoms with E-state index in [0.717, 1.165) is 16.5 Å². The SMILES string of the molecule is CCOC(=O)CC[C@H](C#N)c1cnc2ccccc2c1. The lowest BCUT2D eigenvalue weighted by Crippen LogP contribution is -2.06. The van der Waals surface area contributed by atoms with Gasteiger partial charge in [-0.05, 0) is 31.0 Å². The van der Waals surface area contributed by atoms with Crippen LogP contribution in [0.2, 0.25) is 0 Å². The van der Waals surface area contributed by atoms with Crippen LogP contribution in [0.1, 0.15) is 31.2 Å². The highest BCUT2D eigenvalue weighted by molar-refractivity contribution is 5.79. The predicted octanol–water partition coefficient (Wildman–Crippen LogP) is 3.19. The molecule has 0 aliphatic heterocycles. The first-order chi connectivity index (χ1) is 9.74. The fraction of sp³-hybridized carbons (Fsp3) is 0.312. The number of esters is 1. The molecule has 0 aliphatic carbocycles. The summed E-state index contributed by atoms with van der Waals surface area (Å²) in [5.41, 5.74) is 1.74. The number of benzene rings is 1. The van der Waals surface area contributed by atoms with Crippen molar-refractivity contribution in [3.63, 3.8) is 0 Å². The summed E-state index contributed by atoms with van der Waals surface area (Å²) in [7, 11) is 0. The van der Waals surface area contributed by atoms with E-state index in [1.165, 1.54) is 0 Å². The van der Waals surface area contributed by atoms with Gasteiger partial charge in [-0.25, -0.2) is 0 Å². The van der Waals surface area contributed by atoms with Crippen molar-refractivity contribution in [1.29, 1.82) is 5.26 Å². The number of para-hydroxylation sites is 1. The summed E-state index contributed by atoms with van der Waals surface area (Å²) in [5, 5.41) is 10.3. The minimum Gasteiger partial charge on any atom is -0.466 e. The van der Waals surface area contributed by atoms with Crippen LogP contribution in [0.5, 0.6) is 0 Å². The Hall–Kier alpha value is -2.41. The Morgan fingerprint density at radius 2 is 2.25 bits per heavy atom. The van der Waals surface area contributed by atoms with E-state index in [4.69, 9.17) is 4.74 Å². The van der Waals surface area contributed by atoms with Gasteiger partial charge in [0.15, 0.2) is 0 Å². The second-order valence-electron chi connectivity index (χ2n) is 4.49. The van der Waals surface area contributed by atoms with Crippen molar-refractivity contribution >= 4 is 16.9 Å². The molecule has 0 saturated carbocycles. The van der Waals surface area contributed by atoms with Gasteiger partial charge in [-0.15, -0.1) is 0 Å². The van der Waals surface area contributed by atoms with Gasteiger partial charge in [0.25, 0.3) is 0 Å². The van der Waals surface area contributed by atoms with Gasteiger partial charge >= 0.3 is 5.97 Å². The number of hydrogen-bond acceptors (Lipinski definition) is 4. The molecule has 1 heterocycles. The topological polar surface area (TPSA) is 63.0 Å². The molecule has 20 heavy (non-hydrogen) atoms. The van der Waals surface area contributed by atoms with E-state index in [9.17, 15) is 10.1 Å². The van der Waals surface area contributed by atoms with Crippen LogP contribution in [0.15, 0.2) is 36.5 Å². The average Bonchev–Trinajstić information content (AvgIpc) is 2.48. The van der Waals surface area contributed by atoms with E-state index >= 15 is 0 Å². The molecule has 1 aromatic heterocycles. The zero-order chi connectivity index (χ0) is 14.4. The van der Waals surface area contributed by atoms with Crippen LogP contribution in [0.25, 0.3) is 10.9 Å². The number of rotatable bonds is 5. The molecule has 0 aliphatic rings. The van der Waals surface area contributed by atoms with Gasteiger partial charge in [-0.2, -0.15) is 5.26 Å². The first-order valence-electron chi connectivity index (χ1n) is 6.64. The normalized spacial score (nSPS) is 11.8. The summed E-state index contributed by atoms with van der Waals surface area (Å²) in [6, 6.07) is 12.0. The lowest BCUT2D eigenvalue weighted by Gasteiger charge is -2.09. The Morgan fingerprint density at radius 1 is 1.45 bits per heavy atom. The van der Waals surface area contributed by atoms with E-state index in [1.807, 2.05) is 30.3 Å². The van der Waals surface area contributed by atoms with Crippen LogP contribution in [-0.4, -0.2) is 17.6 Å². The Bertz CT molecular complexity index is 646. The minimum atomic E-state index is -0.337. The summed E-state index contributed by atoms with van der Waals surface area (Å²) in [5.74, 6) is -0.599. The molecule has 2 aromatic rings. The molecule has 102 valence electrons. The number of ether oxygens (including phenoxy) is 1. The van der Waals surface area contributed by atoms with Crippen LogP contribution in [0.4, 0.5) is 0 Å². The molecular weight excluding hydrogens is 252 g/mol. The number of carbonyl (C=O) groups excluding carboxylic acids is 1. The molecule has 0 fully saturated rings. The van der Waals surface area contributed by atoms with E-state index in [1.54, 1.807) is 13.1 Å². The zero-order valence-corrected chi connectivity index (χ0v) is 11.4. The average molecular weight is 268 g/mol. The molecule has 0 N–H and O–H groups in total. The second kappa shape index (κ2) is 6.67. The van der Waals surface area contributed by atoms with Crippen LogP contribution in [0.3, 0.4) is 0 Å². The molecule has 4 nitrogen and oxygen atoms in total. The van der Waals surface area contributed by atoms with Gasteiger partial charge in [0.05, 0.1) is 24.1 Å². The maximum Gasteiger partial charge on any atom is 0.305 e. The Labute approximate surface area is 118 Å². The van der Waals surface area contributed by atoms with Crippen molar-refractivity contribution in [2.75, 3.05) is 6.61 Å². The van der Waals surface area contributed by atoms with Crippen molar-refractivity contribution in [1.82, 2.24) is 4.98 Å². The molecule has 0 unspecified atom stereocenters. The molecule has 0 bridgehead atoms. The lowest BCUT2D eigenvalue weighted by molar-refractivity contribution is -0.143. The minimum absolute atomic E-state index is 0.249. The van der Waals surface area contributed by atoms with Crippen molar-refractivity contribution in [2.24, 2.45) is 0 Å². The molecular formula is C16H16N2O2. The van der Waals surface area contributed by atoms with Crippen LogP contribution in [0, 0.1) is 11.3 Å². The first-order valence-corrected chi connectivity index (χ1v) is 6.64. The van der Waals surface area contributed by atoms with Crippen molar-refractivity contribution in [3.8, 4) is 6.07 Å². The third kappa shape index (κ3) is 3.33. The van der Waals surface area contributed by atoms with Crippen molar-refractivity contribution in [2.45, 2.75) is 25.7 Å². The van der Waals surface area contributed by atoms with Crippen molar-refractivity contribution < 1.29 is 9.53 Å². The second-order valence-corrected chi connectivity index (χ2v) is 4.49. The molecule has 4 heteroatoms. The summed E-state index contributed by atoms with van der Waals surface area (Å²) in [6.07, 6.45) is 2.41. The molecule has 1 atom stereocenters. The largest absolute Gasteiger partial charge is 0.466 e. The Balaban J connectivity index is 2.13. The zero-order valence-electron chi connectivity index (χ0n) is 11.4. The number of fused-ring (bicyclic) bond motifs is 1. The third-order valence-electron chi connectivity index (χ3n) is 3.11. The van der Waals surface area contributed by atoms with Crippen LogP contribution < -0.4 is 0 Å². The monoisotopic (exact) mass is 268 g/mol. The molecule has 0 spiro atoms. The van der Waals surface area contributed by atoms with Crippen LogP contribution in [-0.2, 0) is 9.53 Å². The smallest absolute Gasteiger partial charge is 0.305 e. The summed E-state index contributed by atoms with van der Waals surface area (Å²) >= 11 is 0. The molecule has 2 rings (SSSR count). The van der Waals surface area contributed by atoms with E-state index in [0.29, 0.717) is 13.0 Å². The number of pyridine rings is 1. The third-order valence-corrected chi connectivity index (χ3v) is 3.11. The number of hydrogen-bond donors (Lipinski definition) is 0. The van der Waals surface area contributed by atoms with Gasteiger partial charge in [0.1, 0.15) is 0 Å². The first kappa shape index (κ1) is 14.0. The summed E-state index contributed by atoms with van der Waals surface area (Å²) in [6.45, 7) is 2.14. The fourth-order valence-electron chi connectivity index (χ4n) is 2.08. The van der Waals surface area contributed by atoms with Crippen LogP contribution >= 0.6 is 0 Å². The highest BCUT2D eigenvalue weighted by atomic mass is 16.5. The summed E-state index contributed by atoms with van der Waals surface area (Å²) in [4.78, 5) is 15.7. The fourth-order valence-corrected chi connectivity index (χ4v) is 2.08. The van der Waals surface area contributed by atoms with Gasteiger partial charge < -0.3 is 4.74 Å². The lowest BCUT2D eigenvalue weighted by atomic mass is 9.96. The Kier molecular flexibility index (Phi) is 4.67. The Morgan fingerprint density at radius 3 is 3.00 bits per heavy atom. The van der Waals surface area contributed by atoms with E-state index in [-0.39, 0.29) is 18.3 Å². The summed E-state index contributed by atoms with van der Waals surface area (Å²) < 4.78 is 4.88.